The van der Waals surface area contributed by atoms with Crippen molar-refractivity contribution in [2.75, 3.05) is 19.6 Å². The molecule has 0 aromatic heterocycles. The second kappa shape index (κ2) is 3.69. The van der Waals surface area contributed by atoms with Crippen molar-refractivity contribution >= 4 is 5.91 Å². The van der Waals surface area contributed by atoms with Crippen LogP contribution in [0.3, 0.4) is 0 Å². The van der Waals surface area contributed by atoms with Crippen LogP contribution in [0.5, 0.6) is 0 Å². The van der Waals surface area contributed by atoms with Gasteiger partial charge >= 0.3 is 0 Å². The summed E-state index contributed by atoms with van der Waals surface area (Å²) in [4.78, 5) is 13.0. The highest BCUT2D eigenvalue weighted by Crippen LogP contribution is 2.11. The molecule has 0 spiro atoms. The van der Waals surface area contributed by atoms with Crippen LogP contribution in [0.4, 0.5) is 0 Å². The molecule has 0 aromatic carbocycles. The SMILES string of the molecule is C/C(=C\CN)C(=O)N1CC(O)C1. The molecule has 0 bridgehead atoms. The summed E-state index contributed by atoms with van der Waals surface area (Å²) in [5, 5.41) is 8.94. The molecule has 0 atom stereocenters. The van der Waals surface area contributed by atoms with Gasteiger partial charge in [-0.25, -0.2) is 0 Å². The Hall–Kier alpha value is -0.870. The van der Waals surface area contributed by atoms with E-state index in [9.17, 15) is 4.79 Å². The molecule has 1 fully saturated rings. The zero-order chi connectivity index (χ0) is 9.14. The topological polar surface area (TPSA) is 66.6 Å². The van der Waals surface area contributed by atoms with Gasteiger partial charge in [-0.15, -0.1) is 0 Å². The number of nitrogens with two attached hydrogens (primary N) is 1. The van der Waals surface area contributed by atoms with Crippen molar-refractivity contribution in [2.45, 2.75) is 13.0 Å². The lowest BCUT2D eigenvalue weighted by Crippen LogP contribution is -2.53. The summed E-state index contributed by atoms with van der Waals surface area (Å²) >= 11 is 0. The van der Waals surface area contributed by atoms with Crippen LogP contribution in [0, 0.1) is 0 Å². The minimum Gasteiger partial charge on any atom is -0.389 e. The summed E-state index contributed by atoms with van der Waals surface area (Å²) < 4.78 is 0. The third-order valence-electron chi connectivity index (χ3n) is 1.91. The number of carbonyl (C=O) groups excluding carboxylic acids is 1. The van der Waals surface area contributed by atoms with E-state index in [0.717, 1.165) is 0 Å². The van der Waals surface area contributed by atoms with Crippen molar-refractivity contribution in [1.29, 1.82) is 0 Å². The number of likely N-dealkylation sites (tertiary alicyclic amines) is 1. The van der Waals surface area contributed by atoms with E-state index in [1.165, 1.54) is 0 Å². The lowest BCUT2D eigenvalue weighted by atomic mass is 10.1. The van der Waals surface area contributed by atoms with Gasteiger partial charge in [-0.1, -0.05) is 6.08 Å². The Kier molecular flexibility index (Phi) is 2.83. The zero-order valence-corrected chi connectivity index (χ0v) is 7.16. The van der Waals surface area contributed by atoms with Crippen molar-refractivity contribution in [1.82, 2.24) is 4.90 Å². The Bertz CT molecular complexity index is 207. The first-order valence-electron chi connectivity index (χ1n) is 3.99. The molecule has 0 radical (unpaired) electrons. The number of aliphatic hydroxyl groups is 1. The van der Waals surface area contributed by atoms with Crippen LogP contribution in [0.1, 0.15) is 6.92 Å². The molecule has 68 valence electrons. The number of rotatable bonds is 2. The molecule has 0 aromatic rings. The van der Waals surface area contributed by atoms with E-state index in [2.05, 4.69) is 0 Å². The van der Waals surface area contributed by atoms with Crippen LogP contribution in [0.2, 0.25) is 0 Å². The largest absolute Gasteiger partial charge is 0.389 e. The molecule has 1 saturated heterocycles. The highest BCUT2D eigenvalue weighted by molar-refractivity contribution is 5.93. The molecule has 0 saturated carbocycles. The Morgan fingerprint density at radius 2 is 2.33 bits per heavy atom. The smallest absolute Gasteiger partial charge is 0.249 e. The van der Waals surface area contributed by atoms with E-state index in [4.69, 9.17) is 10.8 Å². The Balaban J connectivity index is 2.43. The molecule has 4 nitrogen and oxygen atoms in total. The Labute approximate surface area is 71.7 Å². The van der Waals surface area contributed by atoms with Crippen molar-refractivity contribution in [2.24, 2.45) is 5.73 Å². The van der Waals surface area contributed by atoms with Crippen LogP contribution >= 0.6 is 0 Å². The summed E-state index contributed by atoms with van der Waals surface area (Å²) in [5.41, 5.74) is 5.91. The van der Waals surface area contributed by atoms with E-state index in [1.54, 1.807) is 17.9 Å². The lowest BCUT2D eigenvalue weighted by Gasteiger charge is -2.36. The van der Waals surface area contributed by atoms with E-state index in [0.29, 0.717) is 25.2 Å². The lowest BCUT2D eigenvalue weighted by molar-refractivity contribution is -0.136. The molecular formula is C8H14N2O2. The van der Waals surface area contributed by atoms with Gasteiger partial charge in [0.05, 0.1) is 6.10 Å². The van der Waals surface area contributed by atoms with Gasteiger partial charge in [0, 0.05) is 25.2 Å². The maximum Gasteiger partial charge on any atom is 0.249 e. The van der Waals surface area contributed by atoms with Gasteiger partial charge in [-0.3, -0.25) is 4.79 Å². The van der Waals surface area contributed by atoms with Gasteiger partial charge in [0.15, 0.2) is 0 Å². The fraction of sp³-hybridized carbons (Fsp3) is 0.625. The predicted octanol–water partition coefficient (Wildman–Crippen LogP) is -0.905. The normalized spacial score (nSPS) is 19.2. The van der Waals surface area contributed by atoms with Gasteiger partial charge in [0.25, 0.3) is 0 Å². The molecule has 12 heavy (non-hydrogen) atoms. The number of hydrogen-bond donors (Lipinski definition) is 2. The molecule has 1 aliphatic heterocycles. The number of hydrogen-bond acceptors (Lipinski definition) is 3. The van der Waals surface area contributed by atoms with Crippen LogP contribution in [0.25, 0.3) is 0 Å². The Morgan fingerprint density at radius 1 is 1.75 bits per heavy atom. The highest BCUT2D eigenvalue weighted by atomic mass is 16.3. The standard InChI is InChI=1S/C8H14N2O2/c1-6(2-3-9)8(12)10-4-7(11)5-10/h2,7,11H,3-5,9H2,1H3/b6-2+. The number of β-amino-alcohol motifs (C(OH)–C–C–N with tert-alkyl or cyclic N) is 1. The average molecular weight is 170 g/mol. The maximum absolute atomic E-state index is 11.4. The van der Waals surface area contributed by atoms with Gasteiger partial charge in [0.2, 0.25) is 5.91 Å². The van der Waals surface area contributed by atoms with E-state index < -0.39 is 0 Å². The van der Waals surface area contributed by atoms with Gasteiger partial charge in [0.1, 0.15) is 0 Å². The first-order chi connectivity index (χ1) is 5.65. The maximum atomic E-state index is 11.4. The zero-order valence-electron chi connectivity index (χ0n) is 7.16. The summed E-state index contributed by atoms with van der Waals surface area (Å²) in [7, 11) is 0. The van der Waals surface area contributed by atoms with Crippen LogP contribution < -0.4 is 5.73 Å². The highest BCUT2D eigenvalue weighted by Gasteiger charge is 2.28. The molecule has 1 rings (SSSR count). The molecule has 0 aliphatic carbocycles. The molecular weight excluding hydrogens is 156 g/mol. The third kappa shape index (κ3) is 1.84. The van der Waals surface area contributed by atoms with Crippen LogP contribution in [-0.4, -0.2) is 41.7 Å². The van der Waals surface area contributed by atoms with E-state index in [1.807, 2.05) is 0 Å². The first-order valence-corrected chi connectivity index (χ1v) is 3.99. The van der Waals surface area contributed by atoms with Gasteiger partial charge in [-0.05, 0) is 6.92 Å². The minimum absolute atomic E-state index is 0.0225. The second-order valence-electron chi connectivity index (χ2n) is 2.99. The van der Waals surface area contributed by atoms with Crippen molar-refractivity contribution < 1.29 is 9.90 Å². The third-order valence-corrected chi connectivity index (χ3v) is 1.91. The van der Waals surface area contributed by atoms with Crippen LogP contribution in [-0.2, 0) is 4.79 Å². The second-order valence-corrected chi connectivity index (χ2v) is 2.99. The Morgan fingerprint density at radius 3 is 2.75 bits per heavy atom. The molecule has 1 amide bonds. The van der Waals surface area contributed by atoms with Gasteiger partial charge < -0.3 is 15.7 Å². The molecule has 1 heterocycles. The molecule has 4 heteroatoms. The number of carbonyl (C=O) groups is 1. The van der Waals surface area contributed by atoms with Crippen molar-refractivity contribution in [3.8, 4) is 0 Å². The van der Waals surface area contributed by atoms with Crippen molar-refractivity contribution in [3.05, 3.63) is 11.6 Å². The summed E-state index contributed by atoms with van der Waals surface area (Å²) in [5.74, 6) is -0.0225. The molecule has 1 aliphatic rings. The fourth-order valence-corrected chi connectivity index (χ4v) is 1.13. The molecule has 3 N–H and O–H groups in total. The van der Waals surface area contributed by atoms with Gasteiger partial charge in [-0.2, -0.15) is 0 Å². The van der Waals surface area contributed by atoms with Crippen LogP contribution in [0.15, 0.2) is 11.6 Å². The number of amides is 1. The fourth-order valence-electron chi connectivity index (χ4n) is 1.13. The first kappa shape index (κ1) is 9.22. The number of aliphatic hydroxyl groups excluding tert-OH is 1. The number of nitrogens with zero attached hydrogens (tertiary/aromatic N) is 1. The predicted molar refractivity (Wildman–Crippen MR) is 45.4 cm³/mol. The summed E-state index contributed by atoms with van der Waals surface area (Å²) in [6, 6.07) is 0. The summed E-state index contributed by atoms with van der Waals surface area (Å²) in [6.45, 7) is 3.02. The van der Waals surface area contributed by atoms with Crippen molar-refractivity contribution in [3.63, 3.8) is 0 Å². The minimum atomic E-state index is -0.334. The molecule has 0 unspecified atom stereocenters. The summed E-state index contributed by atoms with van der Waals surface area (Å²) in [6.07, 6.45) is 1.35. The van der Waals surface area contributed by atoms with E-state index in [-0.39, 0.29) is 12.0 Å². The monoisotopic (exact) mass is 170 g/mol. The average Bonchev–Trinajstić information content (AvgIpc) is 1.98. The quantitative estimate of drug-likeness (QED) is 0.527. The van der Waals surface area contributed by atoms with E-state index >= 15 is 0 Å².